The summed E-state index contributed by atoms with van der Waals surface area (Å²) in [5, 5.41) is 13.0. The predicted octanol–water partition coefficient (Wildman–Crippen LogP) is 6.31. The minimum Gasteiger partial charge on any atom is -0.423 e. The van der Waals surface area contributed by atoms with Crippen LogP contribution in [0.25, 0.3) is 0 Å². The van der Waals surface area contributed by atoms with Gasteiger partial charge >= 0.3 is 5.97 Å². The molecular weight excluding hydrogens is 637 g/mol. The summed E-state index contributed by atoms with van der Waals surface area (Å²) in [7, 11) is 0. The Kier molecular flexibility index (Phi) is 8.45. The smallest absolute Gasteiger partial charge is 0.345 e. The first-order valence-electron chi connectivity index (χ1n) is 12.5. The van der Waals surface area contributed by atoms with Crippen LogP contribution in [0.15, 0.2) is 84.9 Å². The van der Waals surface area contributed by atoms with Crippen molar-refractivity contribution in [3.63, 3.8) is 0 Å². The second kappa shape index (κ2) is 12.3. The molecule has 0 aliphatic carbocycles. The summed E-state index contributed by atoms with van der Waals surface area (Å²) in [6.45, 7) is -0.831. The third-order valence-electron chi connectivity index (χ3n) is 6.48. The number of Topliss-reactive ketones (excluding diaryl/α,β-unsaturated/α-hetero) is 1. The molecule has 5 rings (SSSR count). The van der Waals surface area contributed by atoms with Crippen molar-refractivity contribution in [2.45, 2.75) is 0 Å². The van der Waals surface area contributed by atoms with Gasteiger partial charge in [0.2, 0.25) is 0 Å². The van der Waals surface area contributed by atoms with Crippen LogP contribution in [0.2, 0.25) is 15.1 Å². The van der Waals surface area contributed by atoms with Crippen LogP contribution in [0, 0.1) is 10.1 Å². The molecular formula is C30H16Cl3N3O8. The maximum atomic E-state index is 13.7. The second-order valence-electron chi connectivity index (χ2n) is 9.18. The van der Waals surface area contributed by atoms with Crippen LogP contribution >= 0.6 is 34.8 Å². The molecule has 14 heteroatoms. The Balaban J connectivity index is 1.43. The number of rotatable bonds is 8. The maximum absolute atomic E-state index is 13.7. The number of hydrogen-bond donors (Lipinski definition) is 0. The van der Waals surface area contributed by atoms with Crippen LogP contribution in [0.3, 0.4) is 0 Å². The Labute approximate surface area is 263 Å². The van der Waals surface area contributed by atoms with Crippen LogP contribution in [0.5, 0.6) is 5.75 Å². The zero-order valence-electron chi connectivity index (χ0n) is 22.0. The number of ketones is 1. The summed E-state index contributed by atoms with van der Waals surface area (Å²) in [5.74, 6) is -4.61. The monoisotopic (exact) mass is 651 g/mol. The zero-order valence-corrected chi connectivity index (χ0v) is 24.3. The number of esters is 1. The summed E-state index contributed by atoms with van der Waals surface area (Å²) in [6.07, 6.45) is 0. The highest BCUT2D eigenvalue weighted by Crippen LogP contribution is 2.33. The molecule has 0 atom stereocenters. The molecule has 4 aromatic carbocycles. The largest absolute Gasteiger partial charge is 0.423 e. The first-order valence-corrected chi connectivity index (χ1v) is 13.6. The predicted molar refractivity (Wildman–Crippen MR) is 158 cm³/mol. The molecule has 0 unspecified atom stereocenters. The summed E-state index contributed by atoms with van der Waals surface area (Å²) < 4.78 is 5.31. The topological polar surface area (TPSA) is 144 Å². The van der Waals surface area contributed by atoms with E-state index in [1.807, 2.05) is 0 Å². The molecule has 1 heterocycles. The molecule has 0 radical (unpaired) electrons. The van der Waals surface area contributed by atoms with E-state index in [1.54, 1.807) is 6.07 Å². The van der Waals surface area contributed by atoms with Crippen LogP contribution in [0.4, 0.5) is 5.69 Å². The highest BCUT2D eigenvalue weighted by Gasteiger charge is 2.46. The zero-order chi connectivity index (χ0) is 31.7. The lowest BCUT2D eigenvalue weighted by Crippen LogP contribution is -2.51. The van der Waals surface area contributed by atoms with E-state index in [-0.39, 0.29) is 38.0 Å². The molecule has 0 aromatic heterocycles. The molecule has 0 bridgehead atoms. The minimum atomic E-state index is -1.16. The van der Waals surface area contributed by atoms with Gasteiger partial charge in [-0.05, 0) is 60.7 Å². The number of ether oxygens (including phenoxy) is 1. The van der Waals surface area contributed by atoms with Gasteiger partial charge in [0.15, 0.2) is 5.78 Å². The number of fused-ring (bicyclic) bond motifs is 1. The Morgan fingerprint density at radius 1 is 0.818 bits per heavy atom. The molecule has 0 saturated carbocycles. The van der Waals surface area contributed by atoms with Crippen LogP contribution in [-0.2, 0) is 0 Å². The van der Waals surface area contributed by atoms with Gasteiger partial charge in [-0.3, -0.25) is 29.3 Å². The summed E-state index contributed by atoms with van der Waals surface area (Å²) in [5.41, 5.74) is -1.50. The molecule has 0 saturated heterocycles. The molecule has 3 amide bonds. The van der Waals surface area contributed by atoms with E-state index in [1.165, 1.54) is 72.8 Å². The fourth-order valence-corrected chi connectivity index (χ4v) is 5.09. The molecule has 1 aliphatic rings. The number of nitrogens with zero attached hydrogens (tertiary/aromatic N) is 3. The number of hydrogen-bond acceptors (Lipinski definition) is 8. The molecule has 11 nitrogen and oxygen atoms in total. The standard InChI is InChI=1S/C30H16Cl3N3O8/c31-17-10-13-20(23(33)14-17)30(41)44-18-11-8-16(9-12-18)25(37)15-34(27(38)19-4-1-2-6-22(19)32)35-28(39)21-5-3-7-24(36(42)43)26(21)29(35)40/h1-14H,15H2. The van der Waals surface area contributed by atoms with Gasteiger partial charge in [0.1, 0.15) is 17.9 Å². The van der Waals surface area contributed by atoms with Crippen molar-refractivity contribution in [3.8, 4) is 5.75 Å². The number of nitro benzene ring substituents is 1. The number of benzene rings is 4. The molecule has 0 fully saturated rings. The first kappa shape index (κ1) is 30.4. The van der Waals surface area contributed by atoms with Crippen LogP contribution in [0.1, 0.15) is 51.8 Å². The van der Waals surface area contributed by atoms with Gasteiger partial charge in [0.25, 0.3) is 23.4 Å². The van der Waals surface area contributed by atoms with E-state index in [4.69, 9.17) is 39.5 Å². The molecule has 220 valence electrons. The van der Waals surface area contributed by atoms with Crippen molar-refractivity contribution in [1.29, 1.82) is 0 Å². The van der Waals surface area contributed by atoms with Crippen LogP contribution in [-0.4, -0.2) is 51.0 Å². The van der Waals surface area contributed by atoms with Crippen LogP contribution < -0.4 is 4.74 Å². The Morgan fingerprint density at radius 3 is 2.18 bits per heavy atom. The van der Waals surface area contributed by atoms with Gasteiger partial charge in [-0.15, -0.1) is 0 Å². The van der Waals surface area contributed by atoms with Gasteiger partial charge in [0.05, 0.1) is 31.7 Å². The van der Waals surface area contributed by atoms with E-state index >= 15 is 0 Å². The first-order chi connectivity index (χ1) is 21.0. The van der Waals surface area contributed by atoms with E-state index in [2.05, 4.69) is 0 Å². The molecule has 0 N–H and O–H groups in total. The van der Waals surface area contributed by atoms with Gasteiger partial charge < -0.3 is 4.74 Å². The van der Waals surface area contributed by atoms with E-state index in [0.717, 1.165) is 6.07 Å². The highest BCUT2D eigenvalue weighted by molar-refractivity contribution is 6.36. The van der Waals surface area contributed by atoms with Gasteiger partial charge in [-0.25, -0.2) is 9.80 Å². The minimum absolute atomic E-state index is 0.0221. The van der Waals surface area contributed by atoms with Gasteiger partial charge in [-0.2, -0.15) is 5.01 Å². The summed E-state index contributed by atoms with van der Waals surface area (Å²) in [6, 6.07) is 18.7. The van der Waals surface area contributed by atoms with E-state index in [9.17, 15) is 34.1 Å². The third-order valence-corrected chi connectivity index (χ3v) is 7.36. The normalized spacial score (nSPS) is 12.1. The van der Waals surface area contributed by atoms with Crippen molar-refractivity contribution in [2.75, 3.05) is 6.54 Å². The Bertz CT molecular complexity index is 1900. The molecule has 1 aliphatic heterocycles. The van der Waals surface area contributed by atoms with Crippen molar-refractivity contribution < 1.29 is 33.6 Å². The lowest BCUT2D eigenvalue weighted by molar-refractivity contribution is -0.385. The number of hydrazine groups is 1. The third kappa shape index (κ3) is 5.76. The number of amides is 3. The van der Waals surface area contributed by atoms with Gasteiger partial charge in [-0.1, -0.05) is 53.0 Å². The highest BCUT2D eigenvalue weighted by atomic mass is 35.5. The Hall–Kier alpha value is -5.10. The molecule has 44 heavy (non-hydrogen) atoms. The summed E-state index contributed by atoms with van der Waals surface area (Å²) in [4.78, 5) is 77.1. The fourth-order valence-electron chi connectivity index (χ4n) is 4.39. The van der Waals surface area contributed by atoms with Crippen molar-refractivity contribution in [1.82, 2.24) is 10.0 Å². The average Bonchev–Trinajstić information content (AvgIpc) is 3.25. The Morgan fingerprint density at radius 2 is 1.52 bits per heavy atom. The van der Waals surface area contributed by atoms with E-state index in [0.29, 0.717) is 15.0 Å². The van der Waals surface area contributed by atoms with E-state index < -0.39 is 52.2 Å². The average molecular weight is 653 g/mol. The summed E-state index contributed by atoms with van der Waals surface area (Å²) >= 11 is 18.1. The second-order valence-corrected chi connectivity index (χ2v) is 10.4. The number of imide groups is 1. The van der Waals surface area contributed by atoms with Crippen molar-refractivity contribution in [3.05, 3.63) is 138 Å². The number of carbonyl (C=O) groups excluding carboxylic acids is 5. The number of nitro groups is 1. The molecule has 0 spiro atoms. The lowest BCUT2D eigenvalue weighted by Gasteiger charge is -2.29. The maximum Gasteiger partial charge on any atom is 0.345 e. The van der Waals surface area contributed by atoms with Crippen molar-refractivity contribution in [2.24, 2.45) is 0 Å². The SMILES string of the molecule is O=C(CN(C(=O)c1ccccc1Cl)N1C(=O)c2cccc([N+](=O)[O-])c2C1=O)c1ccc(OC(=O)c2ccc(Cl)cc2Cl)cc1. The van der Waals surface area contributed by atoms with Crippen molar-refractivity contribution >= 4 is 70.0 Å². The quantitative estimate of drug-likeness (QED) is 0.0538. The number of carbonyl (C=O) groups is 5. The fraction of sp³-hybridized carbons (Fsp3) is 0.0333. The number of halogens is 3. The lowest BCUT2D eigenvalue weighted by atomic mass is 10.1. The van der Waals surface area contributed by atoms with Gasteiger partial charge in [0, 0.05) is 16.7 Å². The molecule has 4 aromatic rings.